The molecule has 0 radical (unpaired) electrons. The predicted molar refractivity (Wildman–Crippen MR) is 105 cm³/mol. The van der Waals surface area contributed by atoms with Crippen LogP contribution in [0.15, 0.2) is 24.3 Å². The Balaban J connectivity index is 1.48. The smallest absolute Gasteiger partial charge is 0.326 e. The van der Waals surface area contributed by atoms with Gasteiger partial charge in [0.05, 0.1) is 0 Å². The molecule has 0 aromatic heterocycles. The lowest BCUT2D eigenvalue weighted by atomic mass is 9.88. The van der Waals surface area contributed by atoms with E-state index in [4.69, 9.17) is 0 Å². The molecule has 0 spiro atoms. The monoisotopic (exact) mass is 384 g/mol. The minimum atomic E-state index is -0.912. The summed E-state index contributed by atoms with van der Waals surface area (Å²) in [6, 6.07) is 6.17. The van der Waals surface area contributed by atoms with Gasteiger partial charge in [-0.25, -0.2) is 4.79 Å². The van der Waals surface area contributed by atoms with Crippen molar-refractivity contribution in [2.24, 2.45) is 17.8 Å². The molecule has 3 fully saturated rings. The summed E-state index contributed by atoms with van der Waals surface area (Å²) in [4.78, 5) is 38.9. The summed E-state index contributed by atoms with van der Waals surface area (Å²) in [7, 11) is 0. The van der Waals surface area contributed by atoms with Gasteiger partial charge >= 0.3 is 5.97 Å². The number of rotatable bonds is 4. The number of aliphatic carboxylic acids is 1. The maximum absolute atomic E-state index is 13.1. The standard InChI is InChI=1S/C22H28N2O4/c25-20(14-6-2-1-3-7-14)23-17-10-4-8-15(12-17)21(26)24-13-16-9-5-11-18(16)19(24)22(27)28/h4,8,10,12,14,16,18-19H,1-3,5-7,9,11,13H2,(H,23,25)(H,27,28). The van der Waals surface area contributed by atoms with Crippen molar-refractivity contribution in [3.8, 4) is 0 Å². The van der Waals surface area contributed by atoms with Crippen LogP contribution in [-0.2, 0) is 9.59 Å². The molecule has 0 bridgehead atoms. The fraction of sp³-hybridized carbons (Fsp3) is 0.591. The number of hydrogen-bond donors (Lipinski definition) is 2. The van der Waals surface area contributed by atoms with Gasteiger partial charge in [0.15, 0.2) is 0 Å². The van der Waals surface area contributed by atoms with Gasteiger partial charge < -0.3 is 15.3 Å². The van der Waals surface area contributed by atoms with Crippen LogP contribution in [0.25, 0.3) is 0 Å². The van der Waals surface area contributed by atoms with Crippen molar-refractivity contribution in [2.75, 3.05) is 11.9 Å². The van der Waals surface area contributed by atoms with Crippen molar-refractivity contribution in [3.63, 3.8) is 0 Å². The lowest BCUT2D eigenvalue weighted by Gasteiger charge is -2.25. The number of likely N-dealkylation sites (tertiary alicyclic amines) is 1. The van der Waals surface area contributed by atoms with Gasteiger partial charge in [-0.2, -0.15) is 0 Å². The summed E-state index contributed by atoms with van der Waals surface area (Å²) >= 11 is 0. The Morgan fingerprint density at radius 2 is 1.79 bits per heavy atom. The van der Waals surface area contributed by atoms with Crippen molar-refractivity contribution in [1.29, 1.82) is 0 Å². The normalized spacial score (nSPS) is 27.4. The van der Waals surface area contributed by atoms with Gasteiger partial charge in [0.2, 0.25) is 5.91 Å². The van der Waals surface area contributed by atoms with E-state index in [2.05, 4.69) is 5.32 Å². The highest BCUT2D eigenvalue weighted by Gasteiger charge is 2.49. The summed E-state index contributed by atoms with van der Waals surface area (Å²) in [6.07, 6.45) is 8.12. The molecule has 3 unspecified atom stereocenters. The molecular weight excluding hydrogens is 356 g/mol. The topological polar surface area (TPSA) is 86.7 Å². The van der Waals surface area contributed by atoms with Gasteiger partial charge in [0, 0.05) is 23.7 Å². The third kappa shape index (κ3) is 3.64. The van der Waals surface area contributed by atoms with Gasteiger partial charge in [-0.1, -0.05) is 31.7 Å². The highest BCUT2D eigenvalue weighted by Crippen LogP contribution is 2.42. The van der Waals surface area contributed by atoms with Crippen LogP contribution in [0.3, 0.4) is 0 Å². The van der Waals surface area contributed by atoms with Crippen molar-refractivity contribution in [1.82, 2.24) is 4.90 Å². The zero-order valence-corrected chi connectivity index (χ0v) is 16.1. The largest absolute Gasteiger partial charge is 0.480 e. The molecule has 6 heteroatoms. The maximum atomic E-state index is 13.1. The third-order valence-electron chi connectivity index (χ3n) is 6.76. The first-order valence-electron chi connectivity index (χ1n) is 10.5. The van der Waals surface area contributed by atoms with Crippen molar-refractivity contribution in [3.05, 3.63) is 29.8 Å². The number of carboxylic acid groups (broad SMARTS) is 1. The van der Waals surface area contributed by atoms with Crippen molar-refractivity contribution in [2.45, 2.75) is 57.4 Å². The molecule has 1 aromatic rings. The molecule has 2 saturated carbocycles. The molecule has 2 aliphatic carbocycles. The fourth-order valence-corrected chi connectivity index (χ4v) is 5.34. The SMILES string of the molecule is O=C(Nc1cccc(C(=O)N2CC3CCCC3C2C(=O)O)c1)C1CCCCC1. The highest BCUT2D eigenvalue weighted by molar-refractivity contribution is 5.99. The maximum Gasteiger partial charge on any atom is 0.326 e. The van der Waals surface area contributed by atoms with E-state index in [9.17, 15) is 19.5 Å². The fourth-order valence-electron chi connectivity index (χ4n) is 5.34. The Hall–Kier alpha value is -2.37. The Morgan fingerprint density at radius 1 is 1.00 bits per heavy atom. The Labute approximate surface area is 165 Å². The number of anilines is 1. The number of nitrogens with zero attached hydrogens (tertiary/aromatic N) is 1. The van der Waals surface area contributed by atoms with Gasteiger partial charge in [-0.05, 0) is 55.7 Å². The molecule has 3 atom stereocenters. The Morgan fingerprint density at radius 3 is 2.54 bits per heavy atom. The lowest BCUT2D eigenvalue weighted by Crippen LogP contribution is -2.43. The quantitative estimate of drug-likeness (QED) is 0.831. The van der Waals surface area contributed by atoms with Crippen LogP contribution in [0.5, 0.6) is 0 Å². The van der Waals surface area contributed by atoms with Crippen LogP contribution in [0.1, 0.15) is 61.7 Å². The van der Waals surface area contributed by atoms with E-state index in [0.717, 1.165) is 44.9 Å². The molecule has 6 nitrogen and oxygen atoms in total. The van der Waals surface area contributed by atoms with Crippen molar-refractivity contribution >= 4 is 23.5 Å². The number of carbonyl (C=O) groups is 3. The van der Waals surface area contributed by atoms with Crippen LogP contribution in [-0.4, -0.2) is 40.4 Å². The Bertz CT molecular complexity index is 772. The van der Waals surface area contributed by atoms with E-state index in [1.165, 1.54) is 11.3 Å². The van der Waals surface area contributed by atoms with Crippen LogP contribution in [0.4, 0.5) is 5.69 Å². The predicted octanol–water partition coefficient (Wildman–Crippen LogP) is 3.53. The zero-order chi connectivity index (χ0) is 19.7. The first-order chi connectivity index (χ1) is 13.5. The third-order valence-corrected chi connectivity index (χ3v) is 6.76. The average molecular weight is 384 g/mol. The summed E-state index contributed by atoms with van der Waals surface area (Å²) in [6.45, 7) is 0.513. The number of amides is 2. The number of hydrogen-bond acceptors (Lipinski definition) is 3. The first-order valence-corrected chi connectivity index (χ1v) is 10.5. The number of fused-ring (bicyclic) bond motifs is 1. The van der Waals surface area contributed by atoms with Gasteiger partial charge in [0.25, 0.3) is 5.91 Å². The summed E-state index contributed by atoms with van der Waals surface area (Å²) in [5, 5.41) is 12.6. The first kappa shape index (κ1) is 19.0. The molecule has 150 valence electrons. The molecule has 1 saturated heterocycles. The molecule has 1 aliphatic heterocycles. The van der Waals surface area contributed by atoms with Gasteiger partial charge in [-0.3, -0.25) is 9.59 Å². The van der Waals surface area contributed by atoms with Crippen molar-refractivity contribution < 1.29 is 19.5 Å². The summed E-state index contributed by atoms with van der Waals surface area (Å²) < 4.78 is 0. The van der Waals surface area contributed by atoms with Crippen LogP contribution in [0, 0.1) is 17.8 Å². The molecule has 4 rings (SSSR count). The zero-order valence-electron chi connectivity index (χ0n) is 16.1. The van der Waals surface area contributed by atoms with Crippen LogP contribution >= 0.6 is 0 Å². The van der Waals surface area contributed by atoms with E-state index in [-0.39, 0.29) is 23.7 Å². The van der Waals surface area contributed by atoms with E-state index >= 15 is 0 Å². The number of benzene rings is 1. The molecule has 2 amide bonds. The van der Waals surface area contributed by atoms with Gasteiger partial charge in [0.1, 0.15) is 6.04 Å². The lowest BCUT2D eigenvalue weighted by molar-refractivity contribution is -0.142. The van der Waals surface area contributed by atoms with E-state index in [0.29, 0.717) is 23.7 Å². The minimum absolute atomic E-state index is 0.0171. The minimum Gasteiger partial charge on any atom is -0.480 e. The summed E-state index contributed by atoms with van der Waals surface area (Å²) in [5.74, 6) is -0.749. The van der Waals surface area contributed by atoms with Gasteiger partial charge in [-0.15, -0.1) is 0 Å². The average Bonchev–Trinajstić information content (AvgIpc) is 3.29. The van der Waals surface area contributed by atoms with Crippen LogP contribution in [0.2, 0.25) is 0 Å². The van der Waals surface area contributed by atoms with Crippen LogP contribution < -0.4 is 5.32 Å². The second-order valence-corrected chi connectivity index (χ2v) is 8.50. The number of nitrogens with one attached hydrogen (secondary N) is 1. The summed E-state index contributed by atoms with van der Waals surface area (Å²) in [5.41, 5.74) is 1.04. The highest BCUT2D eigenvalue weighted by atomic mass is 16.4. The molecular formula is C22H28N2O4. The molecule has 1 heterocycles. The molecule has 1 aromatic carbocycles. The second-order valence-electron chi connectivity index (χ2n) is 8.50. The number of carbonyl (C=O) groups excluding carboxylic acids is 2. The molecule has 28 heavy (non-hydrogen) atoms. The van der Waals surface area contributed by atoms with E-state index in [1.807, 2.05) is 0 Å². The van der Waals surface area contributed by atoms with E-state index in [1.54, 1.807) is 24.3 Å². The second kappa shape index (κ2) is 7.94. The molecule has 3 aliphatic rings. The van der Waals surface area contributed by atoms with E-state index < -0.39 is 12.0 Å². The Kier molecular flexibility index (Phi) is 5.38. The number of carboxylic acids is 1. The molecule has 2 N–H and O–H groups in total.